The first-order valence-electron chi connectivity index (χ1n) is 8.89. The fourth-order valence-electron chi connectivity index (χ4n) is 2.61. The van der Waals surface area contributed by atoms with Crippen molar-refractivity contribution in [1.82, 2.24) is 4.90 Å². The molecule has 0 aliphatic heterocycles. The molecule has 144 valence electrons. The van der Waals surface area contributed by atoms with Crippen molar-refractivity contribution in [3.05, 3.63) is 59.1 Å². The van der Waals surface area contributed by atoms with Crippen LogP contribution < -0.4 is 10.1 Å². The highest BCUT2D eigenvalue weighted by molar-refractivity contribution is 6.30. The lowest BCUT2D eigenvalue weighted by molar-refractivity contribution is -0.130. The number of carbonyl (C=O) groups is 2. The van der Waals surface area contributed by atoms with E-state index in [4.69, 9.17) is 16.3 Å². The Balaban J connectivity index is 1.81. The lowest BCUT2D eigenvalue weighted by Gasteiger charge is -2.24. The minimum absolute atomic E-state index is 0.0278. The van der Waals surface area contributed by atoms with Crippen molar-refractivity contribution in [2.75, 3.05) is 11.9 Å². The van der Waals surface area contributed by atoms with Crippen LogP contribution in [-0.2, 0) is 16.2 Å². The van der Waals surface area contributed by atoms with Crippen LogP contribution in [0.3, 0.4) is 0 Å². The highest BCUT2D eigenvalue weighted by Gasteiger charge is 2.14. The zero-order chi connectivity index (χ0) is 19.8. The number of amides is 2. The average molecular weight is 389 g/mol. The second-order valence-electron chi connectivity index (χ2n) is 6.54. The van der Waals surface area contributed by atoms with E-state index in [1.165, 1.54) is 6.92 Å². The van der Waals surface area contributed by atoms with Gasteiger partial charge in [-0.05, 0) is 55.8 Å². The van der Waals surface area contributed by atoms with Crippen molar-refractivity contribution in [3.8, 4) is 5.75 Å². The largest absolute Gasteiger partial charge is 0.489 e. The monoisotopic (exact) mass is 388 g/mol. The van der Waals surface area contributed by atoms with E-state index >= 15 is 0 Å². The van der Waals surface area contributed by atoms with Crippen molar-refractivity contribution in [2.24, 2.45) is 0 Å². The van der Waals surface area contributed by atoms with Crippen molar-refractivity contribution < 1.29 is 14.3 Å². The Morgan fingerprint density at radius 2 is 1.70 bits per heavy atom. The number of nitrogens with zero attached hydrogens (tertiary/aromatic N) is 1. The number of hydrogen-bond donors (Lipinski definition) is 1. The van der Waals surface area contributed by atoms with Crippen LogP contribution in [0, 0.1) is 0 Å². The summed E-state index contributed by atoms with van der Waals surface area (Å²) in [5.41, 5.74) is 1.72. The molecule has 0 bridgehead atoms. The molecule has 2 aromatic carbocycles. The number of halogens is 1. The van der Waals surface area contributed by atoms with E-state index in [1.807, 2.05) is 50.2 Å². The lowest BCUT2D eigenvalue weighted by Crippen LogP contribution is -2.37. The van der Waals surface area contributed by atoms with Gasteiger partial charge in [0.15, 0.2) is 0 Å². The van der Waals surface area contributed by atoms with Crippen molar-refractivity contribution in [2.45, 2.75) is 39.8 Å². The van der Waals surface area contributed by atoms with Gasteiger partial charge in [0.05, 0.1) is 0 Å². The summed E-state index contributed by atoms with van der Waals surface area (Å²) in [5, 5.41) is 3.53. The summed E-state index contributed by atoms with van der Waals surface area (Å²) < 4.78 is 5.72. The number of benzene rings is 2. The summed E-state index contributed by atoms with van der Waals surface area (Å²) in [7, 11) is 0. The molecule has 2 amide bonds. The van der Waals surface area contributed by atoms with Crippen LogP contribution in [0.1, 0.15) is 32.8 Å². The molecule has 6 heteroatoms. The van der Waals surface area contributed by atoms with E-state index in [9.17, 15) is 9.59 Å². The van der Waals surface area contributed by atoms with E-state index < -0.39 is 0 Å². The third-order valence-corrected chi connectivity index (χ3v) is 4.32. The fourth-order valence-corrected chi connectivity index (χ4v) is 2.73. The van der Waals surface area contributed by atoms with E-state index in [1.54, 1.807) is 17.0 Å². The number of hydrogen-bond acceptors (Lipinski definition) is 3. The normalized spacial score (nSPS) is 10.6. The van der Waals surface area contributed by atoms with Gasteiger partial charge in [0, 0.05) is 36.6 Å². The predicted molar refractivity (Wildman–Crippen MR) is 108 cm³/mol. The Bertz CT molecular complexity index is 758. The first kappa shape index (κ1) is 20.8. The molecule has 5 nitrogen and oxygen atoms in total. The van der Waals surface area contributed by atoms with Gasteiger partial charge in [-0.3, -0.25) is 9.59 Å². The molecule has 0 saturated carbocycles. The second-order valence-corrected chi connectivity index (χ2v) is 6.98. The molecule has 27 heavy (non-hydrogen) atoms. The van der Waals surface area contributed by atoms with Crippen molar-refractivity contribution >= 4 is 29.1 Å². The van der Waals surface area contributed by atoms with Crippen LogP contribution in [0.5, 0.6) is 5.75 Å². The predicted octanol–water partition coefficient (Wildman–Crippen LogP) is 4.50. The van der Waals surface area contributed by atoms with Crippen molar-refractivity contribution in [1.29, 1.82) is 0 Å². The molecule has 0 fully saturated rings. The first-order valence-corrected chi connectivity index (χ1v) is 9.27. The van der Waals surface area contributed by atoms with Gasteiger partial charge in [-0.25, -0.2) is 0 Å². The van der Waals surface area contributed by atoms with E-state index in [2.05, 4.69) is 5.32 Å². The van der Waals surface area contributed by atoms with Crippen LogP contribution >= 0.6 is 11.6 Å². The summed E-state index contributed by atoms with van der Waals surface area (Å²) in [5.74, 6) is 0.558. The molecule has 0 unspecified atom stereocenters. The molecule has 0 spiro atoms. The molecule has 2 rings (SSSR count). The quantitative estimate of drug-likeness (QED) is 0.724. The summed E-state index contributed by atoms with van der Waals surface area (Å²) in [4.78, 5) is 25.3. The van der Waals surface area contributed by atoms with Gasteiger partial charge in [-0.1, -0.05) is 23.7 Å². The van der Waals surface area contributed by atoms with Gasteiger partial charge in [0.25, 0.3) is 0 Å². The van der Waals surface area contributed by atoms with Gasteiger partial charge in [0.2, 0.25) is 11.8 Å². The third-order valence-electron chi connectivity index (χ3n) is 4.06. The van der Waals surface area contributed by atoms with Crippen LogP contribution in [0.25, 0.3) is 0 Å². The smallest absolute Gasteiger partial charge is 0.226 e. The Kier molecular flexibility index (Phi) is 7.67. The molecule has 0 saturated heterocycles. The zero-order valence-electron chi connectivity index (χ0n) is 15.9. The lowest BCUT2D eigenvalue weighted by atomic mass is 10.2. The Hall–Kier alpha value is -2.53. The first-order chi connectivity index (χ1) is 12.8. The maximum absolute atomic E-state index is 12.1. The van der Waals surface area contributed by atoms with Crippen molar-refractivity contribution in [3.63, 3.8) is 0 Å². The fraction of sp³-hybridized carbons (Fsp3) is 0.333. The molecule has 0 aromatic heterocycles. The Morgan fingerprint density at radius 1 is 1.07 bits per heavy atom. The highest BCUT2D eigenvalue weighted by Crippen LogP contribution is 2.18. The summed E-state index contributed by atoms with van der Waals surface area (Å²) in [6.45, 7) is 6.23. The van der Waals surface area contributed by atoms with E-state index in [-0.39, 0.29) is 24.3 Å². The van der Waals surface area contributed by atoms with E-state index in [0.717, 1.165) is 5.56 Å². The van der Waals surface area contributed by atoms with Gasteiger partial charge >= 0.3 is 0 Å². The average Bonchev–Trinajstić information content (AvgIpc) is 2.62. The minimum Gasteiger partial charge on any atom is -0.489 e. The Labute approximate surface area is 165 Å². The number of carbonyl (C=O) groups excluding carboxylic acids is 2. The molecule has 0 atom stereocenters. The zero-order valence-corrected chi connectivity index (χ0v) is 16.6. The molecule has 0 heterocycles. The molecule has 1 N–H and O–H groups in total. The molecule has 0 aliphatic rings. The molecule has 0 aliphatic carbocycles. The summed E-state index contributed by atoms with van der Waals surface area (Å²) >= 11 is 5.86. The molecular weight excluding hydrogens is 364 g/mol. The molecular formula is C21H25ClN2O3. The Morgan fingerprint density at radius 3 is 2.26 bits per heavy atom. The van der Waals surface area contributed by atoms with E-state index in [0.29, 0.717) is 29.6 Å². The van der Waals surface area contributed by atoms with Crippen LogP contribution in [-0.4, -0.2) is 29.3 Å². The highest BCUT2D eigenvalue weighted by atomic mass is 35.5. The second kappa shape index (κ2) is 9.97. The van der Waals surface area contributed by atoms with Crippen LogP contribution in [0.4, 0.5) is 5.69 Å². The summed E-state index contributed by atoms with van der Waals surface area (Å²) in [6, 6.07) is 14.8. The standard InChI is InChI=1S/C21H25ClN2O3/c1-15(2)24(16(3)25)13-12-21(26)23-19-8-10-20(11-9-19)27-14-17-4-6-18(22)7-5-17/h4-11,15H,12-14H2,1-3H3,(H,23,26). The van der Waals surface area contributed by atoms with Crippen LogP contribution in [0.2, 0.25) is 5.02 Å². The maximum Gasteiger partial charge on any atom is 0.226 e. The number of rotatable bonds is 8. The number of anilines is 1. The topological polar surface area (TPSA) is 58.6 Å². The summed E-state index contributed by atoms with van der Waals surface area (Å²) in [6.07, 6.45) is 0.257. The molecule has 2 aromatic rings. The third kappa shape index (κ3) is 6.94. The van der Waals surface area contributed by atoms with Gasteiger partial charge in [-0.15, -0.1) is 0 Å². The minimum atomic E-state index is -0.128. The molecule has 0 radical (unpaired) electrons. The number of ether oxygens (including phenoxy) is 1. The maximum atomic E-state index is 12.1. The van der Waals surface area contributed by atoms with Gasteiger partial charge in [-0.2, -0.15) is 0 Å². The number of nitrogens with one attached hydrogen (secondary N) is 1. The SMILES string of the molecule is CC(=O)N(CCC(=O)Nc1ccc(OCc2ccc(Cl)cc2)cc1)C(C)C. The van der Waals surface area contributed by atoms with Gasteiger partial charge < -0.3 is 15.0 Å². The van der Waals surface area contributed by atoms with Gasteiger partial charge in [0.1, 0.15) is 12.4 Å². The van der Waals surface area contributed by atoms with Crippen LogP contribution in [0.15, 0.2) is 48.5 Å².